The Morgan fingerprint density at radius 2 is 1.52 bits per heavy atom. The van der Waals surface area contributed by atoms with Crippen LogP contribution in [0.5, 0.6) is 17.2 Å². The third kappa shape index (κ3) is 3.98. The second-order valence-electron chi connectivity index (χ2n) is 5.51. The molecule has 0 aliphatic heterocycles. The molecule has 0 amide bonds. The van der Waals surface area contributed by atoms with E-state index in [1.165, 1.54) is 23.5 Å². The topological polar surface area (TPSA) is 70.8 Å². The largest absolute Gasteiger partial charge is 0.497 e. The van der Waals surface area contributed by atoms with E-state index < -0.39 is 0 Å². The second kappa shape index (κ2) is 7.58. The van der Waals surface area contributed by atoms with Crippen LogP contribution in [0.3, 0.4) is 0 Å². The van der Waals surface area contributed by atoms with Crippen molar-refractivity contribution in [2.45, 2.75) is 13.2 Å². The third-order valence-electron chi connectivity index (χ3n) is 3.70. The fourth-order valence-electron chi connectivity index (χ4n) is 2.34. The number of halogens is 1. The first kappa shape index (κ1) is 17.2. The summed E-state index contributed by atoms with van der Waals surface area (Å²) >= 11 is 1.37. The van der Waals surface area contributed by atoms with Gasteiger partial charge in [0.05, 0.1) is 7.11 Å². The van der Waals surface area contributed by atoms with Crippen LogP contribution in [0.25, 0.3) is 4.96 Å². The first-order valence-corrected chi connectivity index (χ1v) is 8.88. The molecule has 0 N–H and O–H groups in total. The molecular formula is C18H15FN4O3S. The van der Waals surface area contributed by atoms with Crippen LogP contribution in [0.1, 0.15) is 10.8 Å². The number of fused-ring (bicyclic) bond motifs is 1. The lowest BCUT2D eigenvalue weighted by molar-refractivity contribution is 0.289. The predicted molar refractivity (Wildman–Crippen MR) is 96.7 cm³/mol. The Morgan fingerprint density at radius 3 is 2.22 bits per heavy atom. The highest BCUT2D eigenvalue weighted by molar-refractivity contribution is 7.16. The zero-order valence-electron chi connectivity index (χ0n) is 14.3. The maximum absolute atomic E-state index is 12.9. The summed E-state index contributed by atoms with van der Waals surface area (Å²) in [7, 11) is 1.61. The van der Waals surface area contributed by atoms with Gasteiger partial charge < -0.3 is 14.2 Å². The zero-order chi connectivity index (χ0) is 18.6. The molecule has 0 aliphatic rings. The Balaban J connectivity index is 1.41. The van der Waals surface area contributed by atoms with Gasteiger partial charge in [0.2, 0.25) is 4.96 Å². The second-order valence-corrected chi connectivity index (χ2v) is 6.55. The summed E-state index contributed by atoms with van der Waals surface area (Å²) in [5.74, 6) is 2.32. The maximum Gasteiger partial charge on any atom is 0.234 e. The molecule has 4 aromatic rings. The number of nitrogens with zero attached hydrogens (tertiary/aromatic N) is 4. The number of rotatable bonds is 7. The average Bonchev–Trinajstić information content (AvgIpc) is 3.27. The van der Waals surface area contributed by atoms with Crippen molar-refractivity contribution in [2.24, 2.45) is 0 Å². The number of aromatic nitrogens is 4. The van der Waals surface area contributed by atoms with Crippen molar-refractivity contribution < 1.29 is 18.6 Å². The Kier molecular flexibility index (Phi) is 4.84. The van der Waals surface area contributed by atoms with Crippen LogP contribution in [0, 0.1) is 5.82 Å². The van der Waals surface area contributed by atoms with Crippen LogP contribution < -0.4 is 14.2 Å². The van der Waals surface area contributed by atoms with E-state index in [-0.39, 0.29) is 19.0 Å². The van der Waals surface area contributed by atoms with Crippen molar-refractivity contribution in [3.63, 3.8) is 0 Å². The van der Waals surface area contributed by atoms with Crippen molar-refractivity contribution in [1.82, 2.24) is 19.8 Å². The molecular weight excluding hydrogens is 371 g/mol. The lowest BCUT2D eigenvalue weighted by atomic mass is 10.3. The Morgan fingerprint density at radius 1 is 0.889 bits per heavy atom. The molecule has 2 aromatic heterocycles. The number of benzene rings is 2. The Bertz CT molecular complexity index is 1030. The molecule has 7 nitrogen and oxygen atoms in total. The van der Waals surface area contributed by atoms with Crippen LogP contribution in [0.15, 0.2) is 48.5 Å². The van der Waals surface area contributed by atoms with Gasteiger partial charge in [0, 0.05) is 0 Å². The van der Waals surface area contributed by atoms with Crippen LogP contribution in [0.4, 0.5) is 4.39 Å². The van der Waals surface area contributed by atoms with Gasteiger partial charge in [0.25, 0.3) is 0 Å². The summed E-state index contributed by atoms with van der Waals surface area (Å²) < 4.78 is 31.0. The van der Waals surface area contributed by atoms with E-state index in [2.05, 4.69) is 15.3 Å². The molecule has 0 aliphatic carbocycles. The summed E-state index contributed by atoms with van der Waals surface area (Å²) in [6, 6.07) is 13.1. The fraction of sp³-hybridized carbons (Fsp3) is 0.167. The minimum atomic E-state index is -0.303. The molecule has 0 radical (unpaired) electrons. The van der Waals surface area contributed by atoms with Gasteiger partial charge in [-0.3, -0.25) is 0 Å². The van der Waals surface area contributed by atoms with Gasteiger partial charge in [-0.15, -0.1) is 10.2 Å². The molecule has 27 heavy (non-hydrogen) atoms. The van der Waals surface area contributed by atoms with Crippen molar-refractivity contribution in [2.75, 3.05) is 7.11 Å². The molecule has 0 bridgehead atoms. The summed E-state index contributed by atoms with van der Waals surface area (Å²) in [6.45, 7) is 0.494. The van der Waals surface area contributed by atoms with E-state index >= 15 is 0 Å². The molecule has 138 valence electrons. The molecule has 0 unspecified atom stereocenters. The van der Waals surface area contributed by atoms with E-state index in [1.54, 1.807) is 23.8 Å². The summed E-state index contributed by atoms with van der Waals surface area (Å²) in [5, 5.41) is 13.4. The van der Waals surface area contributed by atoms with Gasteiger partial charge in [-0.1, -0.05) is 11.3 Å². The highest BCUT2D eigenvalue weighted by Crippen LogP contribution is 2.20. The lowest BCUT2D eigenvalue weighted by Crippen LogP contribution is -2.03. The third-order valence-corrected chi connectivity index (χ3v) is 4.57. The monoisotopic (exact) mass is 386 g/mol. The van der Waals surface area contributed by atoms with E-state index in [0.29, 0.717) is 22.3 Å². The summed E-state index contributed by atoms with van der Waals surface area (Å²) in [4.78, 5) is 0.654. The SMILES string of the molecule is COc1ccc(OCc2nnc3sc(COc4ccc(F)cc4)nn23)cc1. The van der Waals surface area contributed by atoms with Crippen LogP contribution >= 0.6 is 11.3 Å². The van der Waals surface area contributed by atoms with E-state index in [1.807, 2.05) is 24.3 Å². The van der Waals surface area contributed by atoms with Crippen LogP contribution in [-0.2, 0) is 13.2 Å². The first-order chi connectivity index (χ1) is 13.2. The van der Waals surface area contributed by atoms with Crippen LogP contribution in [-0.4, -0.2) is 26.9 Å². The predicted octanol–water partition coefficient (Wildman–Crippen LogP) is 3.49. The molecule has 2 heterocycles. The van der Waals surface area contributed by atoms with E-state index in [9.17, 15) is 4.39 Å². The molecule has 0 fully saturated rings. The van der Waals surface area contributed by atoms with Gasteiger partial charge in [-0.2, -0.15) is 9.61 Å². The number of hydrogen-bond donors (Lipinski definition) is 0. The fourth-order valence-corrected chi connectivity index (χ4v) is 3.11. The molecule has 4 rings (SSSR count). The number of hydrogen-bond acceptors (Lipinski definition) is 7. The number of ether oxygens (including phenoxy) is 3. The van der Waals surface area contributed by atoms with Crippen molar-refractivity contribution >= 4 is 16.3 Å². The Labute approximate surface area is 158 Å². The quantitative estimate of drug-likeness (QED) is 0.484. The summed E-state index contributed by atoms with van der Waals surface area (Å²) in [6.07, 6.45) is 0. The normalized spacial score (nSPS) is 10.9. The molecule has 0 saturated carbocycles. The Hall–Kier alpha value is -3.20. The van der Waals surface area contributed by atoms with Gasteiger partial charge >= 0.3 is 0 Å². The van der Waals surface area contributed by atoms with Gasteiger partial charge in [-0.25, -0.2) is 4.39 Å². The van der Waals surface area contributed by atoms with Gasteiger partial charge in [-0.05, 0) is 48.5 Å². The smallest absolute Gasteiger partial charge is 0.234 e. The maximum atomic E-state index is 12.9. The molecule has 9 heteroatoms. The molecule has 2 aromatic carbocycles. The lowest BCUT2D eigenvalue weighted by Gasteiger charge is -2.05. The molecule has 0 spiro atoms. The highest BCUT2D eigenvalue weighted by atomic mass is 32.1. The first-order valence-electron chi connectivity index (χ1n) is 8.06. The minimum absolute atomic E-state index is 0.232. The van der Waals surface area contributed by atoms with Crippen molar-refractivity contribution in [1.29, 1.82) is 0 Å². The number of methoxy groups -OCH3 is 1. The van der Waals surface area contributed by atoms with Gasteiger partial charge in [0.15, 0.2) is 10.8 Å². The standard InChI is InChI=1S/C18H15FN4O3S/c1-24-13-6-8-15(9-7-13)25-10-16-20-21-18-23(16)22-17(27-18)11-26-14-4-2-12(19)3-5-14/h2-9H,10-11H2,1H3. The van der Waals surface area contributed by atoms with Crippen molar-refractivity contribution in [3.05, 3.63) is 65.2 Å². The minimum Gasteiger partial charge on any atom is -0.497 e. The van der Waals surface area contributed by atoms with Gasteiger partial charge in [0.1, 0.15) is 36.3 Å². The molecule has 0 saturated heterocycles. The highest BCUT2D eigenvalue weighted by Gasteiger charge is 2.13. The van der Waals surface area contributed by atoms with Crippen LogP contribution in [0.2, 0.25) is 0 Å². The average molecular weight is 386 g/mol. The molecule has 0 atom stereocenters. The summed E-state index contributed by atoms with van der Waals surface area (Å²) in [5.41, 5.74) is 0. The van der Waals surface area contributed by atoms with Crippen molar-refractivity contribution in [3.8, 4) is 17.2 Å². The van der Waals surface area contributed by atoms with E-state index in [0.717, 1.165) is 10.8 Å². The van der Waals surface area contributed by atoms with E-state index in [4.69, 9.17) is 14.2 Å². The zero-order valence-corrected chi connectivity index (χ0v) is 15.1.